The molecule has 19 heavy (non-hydrogen) atoms. The third-order valence-electron chi connectivity index (χ3n) is 3.09. The van der Waals surface area contributed by atoms with Crippen LogP contribution in [-0.2, 0) is 13.0 Å². The molecule has 2 aromatic rings. The van der Waals surface area contributed by atoms with Crippen molar-refractivity contribution in [1.82, 2.24) is 14.9 Å². The summed E-state index contributed by atoms with van der Waals surface area (Å²) in [7, 11) is 2.11. The van der Waals surface area contributed by atoms with Gasteiger partial charge < -0.3 is 5.43 Å². The molecule has 0 saturated heterocycles. The van der Waals surface area contributed by atoms with Gasteiger partial charge in [-0.2, -0.15) is 0 Å². The van der Waals surface area contributed by atoms with E-state index in [1.165, 1.54) is 4.88 Å². The van der Waals surface area contributed by atoms with Crippen molar-refractivity contribution in [3.8, 4) is 0 Å². The molecule has 0 aliphatic heterocycles. The molecule has 1 unspecified atom stereocenters. The van der Waals surface area contributed by atoms with Gasteiger partial charge in [-0.05, 0) is 31.8 Å². The molecule has 0 bridgehead atoms. The summed E-state index contributed by atoms with van der Waals surface area (Å²) in [5, 5.41) is 2.12. The maximum absolute atomic E-state index is 5.26. The van der Waals surface area contributed by atoms with Gasteiger partial charge >= 0.3 is 0 Å². The fourth-order valence-corrected chi connectivity index (χ4v) is 2.62. The van der Waals surface area contributed by atoms with Crippen LogP contribution in [0, 0.1) is 0 Å². The highest BCUT2D eigenvalue weighted by molar-refractivity contribution is 7.09. The summed E-state index contributed by atoms with van der Waals surface area (Å²) < 4.78 is 0. The number of nitrogen functional groups attached to an aromatic ring is 1. The Labute approximate surface area is 117 Å². The number of nitrogens with zero attached hydrogens (tertiary/aromatic N) is 3. The number of thiophene rings is 1. The number of aromatic nitrogens is 2. The zero-order chi connectivity index (χ0) is 13.7. The SMILES string of the molecule is CC(Cc1cccs1)N(C)Cc1cnc(NN)cn1. The van der Waals surface area contributed by atoms with Gasteiger partial charge in [-0.1, -0.05) is 6.07 Å². The van der Waals surface area contributed by atoms with Gasteiger partial charge in [0, 0.05) is 17.5 Å². The Morgan fingerprint density at radius 2 is 2.26 bits per heavy atom. The van der Waals surface area contributed by atoms with Crippen LogP contribution in [-0.4, -0.2) is 28.0 Å². The summed E-state index contributed by atoms with van der Waals surface area (Å²) in [6.45, 7) is 3.01. The van der Waals surface area contributed by atoms with Gasteiger partial charge in [-0.25, -0.2) is 10.8 Å². The number of nitrogens with one attached hydrogen (secondary N) is 1. The van der Waals surface area contributed by atoms with E-state index in [1.807, 2.05) is 0 Å². The van der Waals surface area contributed by atoms with Crippen LogP contribution < -0.4 is 11.3 Å². The van der Waals surface area contributed by atoms with Crippen molar-refractivity contribution in [2.24, 2.45) is 5.84 Å². The summed E-state index contributed by atoms with van der Waals surface area (Å²) in [4.78, 5) is 12.2. The first-order valence-corrected chi connectivity index (χ1v) is 7.07. The van der Waals surface area contributed by atoms with Crippen molar-refractivity contribution in [3.05, 3.63) is 40.5 Å². The number of hydrazine groups is 1. The lowest BCUT2D eigenvalue weighted by atomic mass is 10.2. The normalized spacial score (nSPS) is 12.6. The molecule has 2 aromatic heterocycles. The van der Waals surface area contributed by atoms with Crippen molar-refractivity contribution in [2.75, 3.05) is 12.5 Å². The molecule has 0 fully saturated rings. The fraction of sp³-hybridized carbons (Fsp3) is 0.385. The number of hydrogen-bond donors (Lipinski definition) is 2. The third kappa shape index (κ3) is 3.99. The van der Waals surface area contributed by atoms with Gasteiger partial charge in [0.15, 0.2) is 5.82 Å². The van der Waals surface area contributed by atoms with Crippen molar-refractivity contribution in [2.45, 2.75) is 25.9 Å². The Morgan fingerprint density at radius 1 is 1.42 bits per heavy atom. The highest BCUT2D eigenvalue weighted by Crippen LogP contribution is 2.14. The summed E-state index contributed by atoms with van der Waals surface area (Å²) >= 11 is 1.80. The maximum Gasteiger partial charge on any atom is 0.158 e. The fourth-order valence-electron chi connectivity index (χ4n) is 1.80. The Hall–Kier alpha value is -1.50. The van der Waals surface area contributed by atoms with E-state index < -0.39 is 0 Å². The highest BCUT2D eigenvalue weighted by atomic mass is 32.1. The van der Waals surface area contributed by atoms with E-state index in [1.54, 1.807) is 23.7 Å². The van der Waals surface area contributed by atoms with Crippen LogP contribution >= 0.6 is 11.3 Å². The monoisotopic (exact) mass is 277 g/mol. The number of nitrogens with two attached hydrogens (primary N) is 1. The molecule has 0 aromatic carbocycles. The summed E-state index contributed by atoms with van der Waals surface area (Å²) in [5.74, 6) is 5.84. The topological polar surface area (TPSA) is 67.1 Å². The van der Waals surface area contributed by atoms with Gasteiger partial charge in [0.25, 0.3) is 0 Å². The summed E-state index contributed by atoms with van der Waals surface area (Å²) in [6, 6.07) is 4.74. The lowest BCUT2D eigenvalue weighted by Gasteiger charge is -2.23. The van der Waals surface area contributed by atoms with E-state index in [2.05, 4.69) is 51.8 Å². The van der Waals surface area contributed by atoms with Crippen LogP contribution in [0.25, 0.3) is 0 Å². The smallest absolute Gasteiger partial charge is 0.158 e. The molecule has 102 valence electrons. The van der Waals surface area contributed by atoms with E-state index in [9.17, 15) is 0 Å². The number of rotatable bonds is 6. The molecule has 0 amide bonds. The van der Waals surface area contributed by atoms with Crippen LogP contribution in [0.3, 0.4) is 0 Å². The van der Waals surface area contributed by atoms with Gasteiger partial charge in [-0.15, -0.1) is 11.3 Å². The van der Waals surface area contributed by atoms with Crippen molar-refractivity contribution < 1.29 is 0 Å². The Balaban J connectivity index is 1.90. The number of likely N-dealkylation sites (N-methyl/N-ethyl adjacent to an activating group) is 1. The zero-order valence-corrected chi connectivity index (χ0v) is 12.0. The van der Waals surface area contributed by atoms with E-state index in [0.717, 1.165) is 18.7 Å². The molecule has 5 nitrogen and oxygen atoms in total. The average molecular weight is 277 g/mol. The largest absolute Gasteiger partial charge is 0.307 e. The molecule has 0 saturated carbocycles. The standard InChI is InChI=1S/C13H19N5S/c1-10(6-12-4-3-5-19-12)18(2)9-11-7-16-13(17-14)8-15-11/h3-5,7-8,10H,6,9,14H2,1-2H3,(H,16,17). The highest BCUT2D eigenvalue weighted by Gasteiger charge is 2.11. The molecule has 0 aliphatic carbocycles. The van der Waals surface area contributed by atoms with Crippen LogP contribution in [0.15, 0.2) is 29.9 Å². The van der Waals surface area contributed by atoms with Gasteiger partial charge in [0.05, 0.1) is 18.1 Å². The van der Waals surface area contributed by atoms with Crippen molar-refractivity contribution >= 4 is 17.2 Å². The zero-order valence-electron chi connectivity index (χ0n) is 11.2. The predicted octanol–water partition coefficient (Wildman–Crippen LogP) is 1.89. The molecule has 2 heterocycles. The molecular weight excluding hydrogens is 258 g/mol. The molecular formula is C13H19N5S. The Bertz CT molecular complexity index is 482. The third-order valence-corrected chi connectivity index (χ3v) is 3.99. The molecule has 0 spiro atoms. The van der Waals surface area contributed by atoms with Crippen LogP contribution in [0.5, 0.6) is 0 Å². The summed E-state index contributed by atoms with van der Waals surface area (Å²) in [6.07, 6.45) is 4.46. The minimum Gasteiger partial charge on any atom is -0.307 e. The Kier molecular flexibility index (Phi) is 4.84. The van der Waals surface area contributed by atoms with Crippen LogP contribution in [0.2, 0.25) is 0 Å². The minimum atomic E-state index is 0.466. The minimum absolute atomic E-state index is 0.466. The molecule has 0 radical (unpaired) electrons. The molecule has 3 N–H and O–H groups in total. The van der Waals surface area contributed by atoms with E-state index >= 15 is 0 Å². The lowest BCUT2D eigenvalue weighted by molar-refractivity contribution is 0.246. The second-order valence-corrected chi connectivity index (χ2v) is 5.62. The van der Waals surface area contributed by atoms with Gasteiger partial charge in [0.1, 0.15) is 0 Å². The first-order valence-electron chi connectivity index (χ1n) is 6.19. The second-order valence-electron chi connectivity index (χ2n) is 4.58. The van der Waals surface area contributed by atoms with Crippen molar-refractivity contribution in [3.63, 3.8) is 0 Å². The van der Waals surface area contributed by atoms with Gasteiger partial charge in [-0.3, -0.25) is 9.88 Å². The molecule has 2 rings (SSSR count). The quantitative estimate of drug-likeness (QED) is 0.623. The van der Waals surface area contributed by atoms with E-state index in [-0.39, 0.29) is 0 Å². The average Bonchev–Trinajstić information content (AvgIpc) is 2.92. The molecule has 0 aliphatic rings. The van der Waals surface area contributed by atoms with Gasteiger partial charge in [0.2, 0.25) is 0 Å². The van der Waals surface area contributed by atoms with E-state index in [0.29, 0.717) is 11.9 Å². The summed E-state index contributed by atoms with van der Waals surface area (Å²) in [5.41, 5.74) is 3.42. The maximum atomic E-state index is 5.26. The molecule has 1 atom stereocenters. The number of anilines is 1. The predicted molar refractivity (Wildman–Crippen MR) is 78.8 cm³/mol. The van der Waals surface area contributed by atoms with Crippen LogP contribution in [0.4, 0.5) is 5.82 Å². The lowest BCUT2D eigenvalue weighted by Crippen LogP contribution is -2.30. The van der Waals surface area contributed by atoms with Crippen molar-refractivity contribution in [1.29, 1.82) is 0 Å². The first kappa shape index (κ1) is 13.9. The number of hydrogen-bond acceptors (Lipinski definition) is 6. The Morgan fingerprint density at radius 3 is 2.84 bits per heavy atom. The van der Waals surface area contributed by atoms with Crippen LogP contribution in [0.1, 0.15) is 17.5 Å². The van der Waals surface area contributed by atoms with E-state index in [4.69, 9.17) is 5.84 Å². The molecule has 6 heteroatoms. The second kappa shape index (κ2) is 6.60. The first-order chi connectivity index (χ1) is 9.19.